The SMILES string of the molecule is CCc1cc(Nc2ncc(Br)c(Nc3ccc4c(=O)n(C5CC5)ncc4c3P(C)(C)=O)n2)c(OC)cc1N1CCC(N2CCN(C(=O)C3CCN(c4cc(F)c(C5CCC(=O)NC5=O)c(F)c4)C3)CC2)CC1. The minimum Gasteiger partial charge on any atom is -0.494 e. The highest BCUT2D eigenvalue weighted by Crippen LogP contribution is 2.43. The number of nitrogens with one attached hydrogen (secondary N) is 3. The normalized spacial score (nSPS) is 20.3. The molecule has 1 aliphatic carbocycles. The van der Waals surface area contributed by atoms with Gasteiger partial charge in [0.2, 0.25) is 23.7 Å². The number of fused-ring (bicyclic) bond motifs is 1. The van der Waals surface area contributed by atoms with E-state index >= 15 is 8.78 Å². The van der Waals surface area contributed by atoms with Gasteiger partial charge in [0.25, 0.3) is 5.56 Å². The molecule has 6 heterocycles. The molecule has 5 aromatic rings. The molecule has 0 radical (unpaired) electrons. The molecule has 17 nitrogen and oxygen atoms in total. The van der Waals surface area contributed by atoms with Crippen molar-refractivity contribution in [2.45, 2.75) is 76.3 Å². The van der Waals surface area contributed by atoms with Gasteiger partial charge >= 0.3 is 0 Å². The van der Waals surface area contributed by atoms with Crippen LogP contribution in [0.1, 0.15) is 75.0 Å². The van der Waals surface area contributed by atoms with E-state index in [1.165, 1.54) is 16.8 Å². The molecule has 3 amide bonds. The standard InChI is InChI=1S/C51H59BrF2N11O6P/c1-5-29-22-41(58-51-55-27-37(52)47(60-51)57-40-10-8-34-36(46(40)72(3,4)70)26-56-65(50(34)69)32-6-7-32)43(71-2)25-42(29)62-16-13-31(14-17-62)61-18-20-63(21-19-61)49(68)30-12-15-64(28-30)33-23-38(53)45(39(54)24-33)35-9-11-44(66)59-48(35)67/h8,10,22-27,30-32,35H,5-7,9,11-21,28H2,1-4H3,(H,59,66,67)(H2,55,57,58,60). The molecule has 3 aromatic carbocycles. The summed E-state index contributed by atoms with van der Waals surface area (Å²) >= 11 is 3.59. The van der Waals surface area contributed by atoms with Gasteiger partial charge in [-0.25, -0.2) is 18.4 Å². The van der Waals surface area contributed by atoms with Crippen LogP contribution in [0.3, 0.4) is 0 Å². The Balaban J connectivity index is 0.748. The van der Waals surface area contributed by atoms with Crippen molar-refractivity contribution in [2.24, 2.45) is 5.92 Å². The van der Waals surface area contributed by atoms with Crippen molar-refractivity contribution >= 4 is 91.4 Å². The summed E-state index contributed by atoms with van der Waals surface area (Å²) in [5.41, 5.74) is 3.35. The monoisotopic (exact) mass is 1070 g/mol. The number of aryl methyl sites for hydroxylation is 1. The maximum Gasteiger partial charge on any atom is 0.274 e. The highest BCUT2D eigenvalue weighted by atomic mass is 79.9. The second kappa shape index (κ2) is 20.1. The average molecular weight is 1070 g/mol. The molecular weight excluding hydrogens is 1010 g/mol. The van der Waals surface area contributed by atoms with Gasteiger partial charge in [-0.3, -0.25) is 29.4 Å². The number of carbonyl (C=O) groups is 3. The topological polar surface area (TPSA) is 187 Å². The number of imide groups is 1. The fourth-order valence-corrected chi connectivity index (χ4v) is 12.8. The summed E-state index contributed by atoms with van der Waals surface area (Å²) in [6, 6.07) is 10.7. The van der Waals surface area contributed by atoms with Crippen molar-refractivity contribution in [2.75, 3.05) is 93.2 Å². The Hall–Kier alpha value is -5.98. The average Bonchev–Trinajstić information content (AvgIpc) is 4.09. The van der Waals surface area contributed by atoms with Gasteiger partial charge in [-0.1, -0.05) is 6.92 Å². The van der Waals surface area contributed by atoms with Gasteiger partial charge in [0.05, 0.1) is 52.4 Å². The highest BCUT2D eigenvalue weighted by Gasteiger charge is 2.37. The van der Waals surface area contributed by atoms with Crippen LogP contribution >= 0.6 is 23.1 Å². The molecule has 0 spiro atoms. The number of carbonyl (C=O) groups excluding carboxylic acids is 3. The number of halogens is 3. The summed E-state index contributed by atoms with van der Waals surface area (Å²) < 4.78 is 52.5. The van der Waals surface area contributed by atoms with Gasteiger partial charge < -0.3 is 34.6 Å². The molecule has 380 valence electrons. The third-order valence-corrected chi connectivity index (χ3v) is 17.1. The van der Waals surface area contributed by atoms with E-state index in [2.05, 4.69) is 70.8 Å². The number of aromatic nitrogens is 4. The van der Waals surface area contributed by atoms with Crippen LogP contribution in [0.15, 0.2) is 58.1 Å². The van der Waals surface area contributed by atoms with Crippen molar-refractivity contribution < 1.29 is 32.5 Å². The number of piperazine rings is 1. The Labute approximate surface area is 424 Å². The van der Waals surface area contributed by atoms with Crippen molar-refractivity contribution in [3.63, 3.8) is 0 Å². The fraction of sp³-hybridized carbons (Fsp3) is 0.471. The summed E-state index contributed by atoms with van der Waals surface area (Å²) in [6.07, 6.45) is 8.50. The summed E-state index contributed by atoms with van der Waals surface area (Å²) in [5.74, 6) is -2.68. The number of anilines is 6. The number of hydrogen-bond donors (Lipinski definition) is 3. The first-order valence-corrected chi connectivity index (χ1v) is 28.2. The number of hydrogen-bond acceptors (Lipinski definition) is 14. The molecule has 1 saturated carbocycles. The first kappa shape index (κ1) is 49.6. The van der Waals surface area contributed by atoms with E-state index in [1.807, 2.05) is 9.80 Å². The number of piperidine rings is 2. The quantitative estimate of drug-likeness (QED) is 0.0806. The number of benzene rings is 3. The second-order valence-corrected chi connectivity index (χ2v) is 23.9. The predicted molar refractivity (Wildman–Crippen MR) is 277 cm³/mol. The summed E-state index contributed by atoms with van der Waals surface area (Å²) in [4.78, 5) is 69.1. The zero-order valence-electron chi connectivity index (χ0n) is 40.9. The lowest BCUT2D eigenvalue weighted by molar-refractivity contribution is -0.137. The zero-order valence-corrected chi connectivity index (χ0v) is 43.3. The Morgan fingerprint density at radius 2 is 1.58 bits per heavy atom. The third-order valence-electron chi connectivity index (χ3n) is 14.9. The van der Waals surface area contributed by atoms with Crippen LogP contribution in [0.25, 0.3) is 10.8 Å². The van der Waals surface area contributed by atoms with Crippen LogP contribution in [-0.4, -0.2) is 126 Å². The number of ether oxygens (including phenoxy) is 1. The predicted octanol–water partition coefficient (Wildman–Crippen LogP) is 7.03. The molecule has 5 fully saturated rings. The van der Waals surface area contributed by atoms with Crippen LogP contribution in [0.2, 0.25) is 0 Å². The first-order chi connectivity index (χ1) is 34.6. The molecule has 72 heavy (non-hydrogen) atoms. The number of amides is 3. The molecule has 4 saturated heterocycles. The molecule has 0 bridgehead atoms. The zero-order chi connectivity index (χ0) is 50.6. The molecule has 10 rings (SSSR count). The number of methoxy groups -OCH3 is 1. The summed E-state index contributed by atoms with van der Waals surface area (Å²) in [6.45, 7) is 10.8. The summed E-state index contributed by atoms with van der Waals surface area (Å²) in [7, 11) is -1.29. The largest absolute Gasteiger partial charge is 0.494 e. The van der Waals surface area contributed by atoms with Crippen LogP contribution in [0, 0.1) is 17.6 Å². The van der Waals surface area contributed by atoms with Gasteiger partial charge in [-0.2, -0.15) is 10.1 Å². The van der Waals surface area contributed by atoms with E-state index in [0.29, 0.717) is 93.8 Å². The van der Waals surface area contributed by atoms with Crippen molar-refractivity contribution in [1.82, 2.24) is 34.9 Å². The highest BCUT2D eigenvalue weighted by molar-refractivity contribution is 9.10. The second-order valence-electron chi connectivity index (χ2n) is 19.9. The first-order valence-electron chi connectivity index (χ1n) is 24.8. The van der Waals surface area contributed by atoms with Crippen LogP contribution in [0.4, 0.5) is 43.3 Å². The van der Waals surface area contributed by atoms with E-state index in [-0.39, 0.29) is 41.8 Å². The van der Waals surface area contributed by atoms with E-state index < -0.39 is 36.5 Å². The van der Waals surface area contributed by atoms with Crippen molar-refractivity contribution in [3.05, 3.63) is 86.4 Å². The molecule has 2 aromatic heterocycles. The van der Waals surface area contributed by atoms with E-state index in [9.17, 15) is 23.7 Å². The Morgan fingerprint density at radius 3 is 2.25 bits per heavy atom. The molecule has 2 atom stereocenters. The molecule has 4 aliphatic heterocycles. The molecule has 2 unspecified atom stereocenters. The molecular formula is C51H59BrF2N11O6P. The number of rotatable bonds is 13. The van der Waals surface area contributed by atoms with Crippen molar-refractivity contribution in [3.8, 4) is 5.75 Å². The van der Waals surface area contributed by atoms with Crippen LogP contribution in [-0.2, 0) is 25.4 Å². The van der Waals surface area contributed by atoms with Crippen LogP contribution in [0.5, 0.6) is 5.75 Å². The fourth-order valence-electron chi connectivity index (χ4n) is 11.0. The van der Waals surface area contributed by atoms with Gasteiger partial charge in [-0.15, -0.1) is 0 Å². The Kier molecular flexibility index (Phi) is 13.9. The molecule has 5 aliphatic rings. The third kappa shape index (κ3) is 9.93. The maximum absolute atomic E-state index is 15.3. The Morgan fingerprint density at radius 1 is 0.861 bits per heavy atom. The maximum atomic E-state index is 15.3. The molecule has 3 N–H and O–H groups in total. The number of nitrogens with zero attached hydrogens (tertiary/aromatic N) is 8. The van der Waals surface area contributed by atoms with Crippen LogP contribution < -0.4 is 41.4 Å². The molecule has 21 heteroatoms. The van der Waals surface area contributed by atoms with Gasteiger partial charge in [0, 0.05) is 105 Å². The van der Waals surface area contributed by atoms with E-state index in [1.54, 1.807) is 45.0 Å². The lowest BCUT2D eigenvalue weighted by atomic mass is 9.89. The van der Waals surface area contributed by atoms with E-state index in [4.69, 9.17) is 9.72 Å². The smallest absolute Gasteiger partial charge is 0.274 e. The van der Waals surface area contributed by atoms with Gasteiger partial charge in [0.1, 0.15) is 30.3 Å². The minimum absolute atomic E-state index is 0.0220. The van der Waals surface area contributed by atoms with E-state index in [0.717, 1.165) is 69.5 Å². The van der Waals surface area contributed by atoms with Gasteiger partial charge in [0.15, 0.2) is 0 Å². The van der Waals surface area contributed by atoms with Gasteiger partial charge in [-0.05, 0) is 110 Å². The van der Waals surface area contributed by atoms with Crippen molar-refractivity contribution in [1.29, 1.82) is 0 Å². The summed E-state index contributed by atoms with van der Waals surface area (Å²) in [5, 5.41) is 14.9. The Bertz CT molecular complexity index is 3060. The minimum atomic E-state index is -2.93. The lowest BCUT2D eigenvalue weighted by Gasteiger charge is -2.44. The lowest BCUT2D eigenvalue weighted by Crippen LogP contribution is -2.55.